The predicted octanol–water partition coefficient (Wildman–Crippen LogP) is 1.88. The fraction of sp³-hybridized carbons (Fsp3) is 0.467. The Morgan fingerprint density at radius 3 is 3.15 bits per heavy atom. The van der Waals surface area contributed by atoms with E-state index in [0.29, 0.717) is 18.1 Å². The van der Waals surface area contributed by atoms with Crippen molar-refractivity contribution in [2.24, 2.45) is 0 Å². The summed E-state index contributed by atoms with van der Waals surface area (Å²) in [6.45, 7) is 3.72. The van der Waals surface area contributed by atoms with Crippen molar-refractivity contribution in [1.29, 1.82) is 0 Å². The molecule has 0 radical (unpaired) electrons. The summed E-state index contributed by atoms with van der Waals surface area (Å²) in [5, 5.41) is 7.46. The van der Waals surface area contributed by atoms with Crippen LogP contribution in [-0.4, -0.2) is 29.9 Å². The molecule has 5 nitrogen and oxygen atoms in total. The van der Waals surface area contributed by atoms with Crippen molar-refractivity contribution in [3.63, 3.8) is 0 Å². The molecule has 0 amide bonds. The number of aromatic nitrogens is 2. The molecule has 2 unspecified atom stereocenters. The second-order valence-electron chi connectivity index (χ2n) is 5.18. The molecule has 0 bridgehead atoms. The van der Waals surface area contributed by atoms with Crippen LogP contribution >= 0.6 is 0 Å². The van der Waals surface area contributed by atoms with E-state index in [2.05, 4.69) is 39.7 Å². The Balaban J connectivity index is 1.84. The molecule has 2 atom stereocenters. The van der Waals surface area contributed by atoms with Crippen molar-refractivity contribution in [2.45, 2.75) is 31.9 Å². The molecule has 1 aromatic carbocycles. The third-order valence-corrected chi connectivity index (χ3v) is 3.75. The first-order valence-corrected chi connectivity index (χ1v) is 6.91. The van der Waals surface area contributed by atoms with Gasteiger partial charge in [-0.15, -0.1) is 0 Å². The van der Waals surface area contributed by atoms with Gasteiger partial charge in [0.2, 0.25) is 5.89 Å². The summed E-state index contributed by atoms with van der Waals surface area (Å²) in [6.07, 6.45) is 0.763. The minimum absolute atomic E-state index is 0.0946. The number of ether oxygens (including phenoxy) is 1. The van der Waals surface area contributed by atoms with E-state index in [0.717, 1.165) is 13.1 Å². The van der Waals surface area contributed by atoms with Gasteiger partial charge in [0.25, 0.3) is 0 Å². The Morgan fingerprint density at radius 2 is 2.30 bits per heavy atom. The Labute approximate surface area is 118 Å². The Kier molecular flexibility index (Phi) is 3.80. The van der Waals surface area contributed by atoms with Crippen LogP contribution in [0.1, 0.15) is 35.7 Å². The van der Waals surface area contributed by atoms with Gasteiger partial charge in [0.1, 0.15) is 0 Å². The number of hydrogen-bond acceptors (Lipinski definition) is 5. The van der Waals surface area contributed by atoms with Crippen molar-refractivity contribution in [2.75, 3.05) is 13.7 Å². The number of rotatable bonds is 4. The maximum Gasteiger partial charge on any atom is 0.235 e. The summed E-state index contributed by atoms with van der Waals surface area (Å²) in [7, 11) is 1.69. The Bertz CT molecular complexity index is 582. The van der Waals surface area contributed by atoms with E-state index in [1.165, 1.54) is 11.1 Å². The fourth-order valence-electron chi connectivity index (χ4n) is 2.55. The number of nitrogens with one attached hydrogen (secondary N) is 1. The van der Waals surface area contributed by atoms with Gasteiger partial charge in [-0.3, -0.25) is 0 Å². The molecule has 1 aliphatic heterocycles. The highest BCUT2D eigenvalue weighted by Gasteiger charge is 2.26. The maximum atomic E-state index is 5.45. The molecule has 0 saturated carbocycles. The van der Waals surface area contributed by atoms with Gasteiger partial charge in [-0.2, -0.15) is 4.98 Å². The monoisotopic (exact) mass is 273 g/mol. The first-order chi connectivity index (χ1) is 9.78. The van der Waals surface area contributed by atoms with Gasteiger partial charge < -0.3 is 14.6 Å². The standard InChI is InChI=1S/C15H19N3O2/c1-10(19-2)7-14-17-15(20-18-14)13-9-16-8-11-5-3-4-6-12(11)13/h3-6,10,13,16H,7-9H2,1-2H3. The Hall–Kier alpha value is -1.72. The SMILES string of the molecule is COC(C)Cc1noc(C2CNCc3ccccc32)n1. The largest absolute Gasteiger partial charge is 0.381 e. The summed E-state index contributed by atoms with van der Waals surface area (Å²) in [4.78, 5) is 4.52. The summed E-state index contributed by atoms with van der Waals surface area (Å²) in [6, 6.07) is 8.39. The van der Waals surface area contributed by atoms with E-state index in [4.69, 9.17) is 9.26 Å². The van der Waals surface area contributed by atoms with Crippen LogP contribution in [0.25, 0.3) is 0 Å². The van der Waals surface area contributed by atoms with E-state index in [1.807, 2.05) is 6.92 Å². The minimum Gasteiger partial charge on any atom is -0.381 e. The highest BCUT2D eigenvalue weighted by atomic mass is 16.5. The molecule has 5 heteroatoms. The molecule has 106 valence electrons. The van der Waals surface area contributed by atoms with Crippen LogP contribution in [0.5, 0.6) is 0 Å². The van der Waals surface area contributed by atoms with Crippen molar-refractivity contribution < 1.29 is 9.26 Å². The molecule has 0 spiro atoms. The van der Waals surface area contributed by atoms with Gasteiger partial charge in [-0.05, 0) is 18.1 Å². The topological polar surface area (TPSA) is 60.2 Å². The molecular weight excluding hydrogens is 254 g/mol. The lowest BCUT2D eigenvalue weighted by Crippen LogP contribution is -2.28. The van der Waals surface area contributed by atoms with Crippen molar-refractivity contribution >= 4 is 0 Å². The Morgan fingerprint density at radius 1 is 1.45 bits per heavy atom. The maximum absolute atomic E-state index is 5.45. The van der Waals surface area contributed by atoms with Gasteiger partial charge in [0.05, 0.1) is 12.0 Å². The number of benzene rings is 1. The van der Waals surface area contributed by atoms with Crippen LogP contribution in [0, 0.1) is 0 Å². The van der Waals surface area contributed by atoms with Gasteiger partial charge >= 0.3 is 0 Å². The number of hydrogen-bond donors (Lipinski definition) is 1. The third-order valence-electron chi connectivity index (χ3n) is 3.75. The highest BCUT2D eigenvalue weighted by Crippen LogP contribution is 2.28. The summed E-state index contributed by atoms with van der Waals surface area (Å²) < 4.78 is 10.7. The molecule has 0 fully saturated rings. The minimum atomic E-state index is 0.0946. The van der Waals surface area contributed by atoms with Crippen LogP contribution in [0.15, 0.2) is 28.8 Å². The zero-order chi connectivity index (χ0) is 13.9. The quantitative estimate of drug-likeness (QED) is 0.921. The zero-order valence-corrected chi connectivity index (χ0v) is 11.8. The molecule has 2 heterocycles. The van der Waals surface area contributed by atoms with Crippen LogP contribution in [-0.2, 0) is 17.7 Å². The van der Waals surface area contributed by atoms with Gasteiger partial charge in [0, 0.05) is 26.6 Å². The lowest BCUT2D eigenvalue weighted by molar-refractivity contribution is 0.116. The number of methoxy groups -OCH3 is 1. The molecule has 3 rings (SSSR count). The van der Waals surface area contributed by atoms with Crippen LogP contribution in [0.3, 0.4) is 0 Å². The zero-order valence-electron chi connectivity index (χ0n) is 11.8. The summed E-state index contributed by atoms with van der Waals surface area (Å²) in [5.41, 5.74) is 2.58. The van der Waals surface area contributed by atoms with Crippen molar-refractivity contribution in [3.8, 4) is 0 Å². The van der Waals surface area contributed by atoms with Crippen LogP contribution in [0.4, 0.5) is 0 Å². The van der Waals surface area contributed by atoms with Gasteiger partial charge in [-0.1, -0.05) is 29.4 Å². The molecule has 20 heavy (non-hydrogen) atoms. The number of fused-ring (bicyclic) bond motifs is 1. The second kappa shape index (κ2) is 5.73. The lowest BCUT2D eigenvalue weighted by Gasteiger charge is -2.23. The first-order valence-electron chi connectivity index (χ1n) is 6.91. The average molecular weight is 273 g/mol. The first kappa shape index (κ1) is 13.3. The molecule has 0 aliphatic carbocycles. The molecule has 1 aliphatic rings. The van der Waals surface area contributed by atoms with E-state index in [1.54, 1.807) is 7.11 Å². The summed E-state index contributed by atoms with van der Waals surface area (Å²) in [5.74, 6) is 1.53. The molecular formula is C15H19N3O2. The van der Waals surface area contributed by atoms with Crippen molar-refractivity contribution in [1.82, 2.24) is 15.5 Å². The van der Waals surface area contributed by atoms with Crippen LogP contribution in [0.2, 0.25) is 0 Å². The second-order valence-corrected chi connectivity index (χ2v) is 5.18. The van der Waals surface area contributed by atoms with E-state index < -0.39 is 0 Å². The van der Waals surface area contributed by atoms with E-state index >= 15 is 0 Å². The molecule has 1 N–H and O–H groups in total. The van der Waals surface area contributed by atoms with Crippen LogP contribution < -0.4 is 5.32 Å². The smallest absolute Gasteiger partial charge is 0.235 e. The average Bonchev–Trinajstić information content (AvgIpc) is 2.94. The molecule has 2 aromatic rings. The fourth-order valence-corrected chi connectivity index (χ4v) is 2.55. The van der Waals surface area contributed by atoms with E-state index in [-0.39, 0.29) is 12.0 Å². The van der Waals surface area contributed by atoms with Gasteiger partial charge in [0.15, 0.2) is 5.82 Å². The number of nitrogens with zero attached hydrogens (tertiary/aromatic N) is 2. The molecule has 1 aromatic heterocycles. The van der Waals surface area contributed by atoms with Crippen molar-refractivity contribution in [3.05, 3.63) is 47.1 Å². The van der Waals surface area contributed by atoms with Gasteiger partial charge in [-0.25, -0.2) is 0 Å². The molecule has 0 saturated heterocycles. The summed E-state index contributed by atoms with van der Waals surface area (Å²) >= 11 is 0. The predicted molar refractivity (Wildman–Crippen MR) is 74.5 cm³/mol. The third kappa shape index (κ3) is 2.59. The lowest BCUT2D eigenvalue weighted by atomic mass is 9.91. The normalized spacial score (nSPS) is 19.6. The highest BCUT2D eigenvalue weighted by molar-refractivity contribution is 5.35. The van der Waals surface area contributed by atoms with E-state index in [9.17, 15) is 0 Å².